The van der Waals surface area contributed by atoms with E-state index in [0.717, 1.165) is 4.90 Å². The van der Waals surface area contributed by atoms with Crippen molar-refractivity contribution in [2.24, 2.45) is 0 Å². The van der Waals surface area contributed by atoms with Crippen molar-refractivity contribution in [3.05, 3.63) is 42.7 Å². The second-order valence-electron chi connectivity index (χ2n) is 5.88. The van der Waals surface area contributed by atoms with Crippen LogP contribution >= 0.6 is 0 Å². The maximum Gasteiger partial charge on any atom is 0.322 e. The summed E-state index contributed by atoms with van der Waals surface area (Å²) in [4.78, 5) is 32.3. The van der Waals surface area contributed by atoms with Crippen LogP contribution in [0.4, 0.5) is 5.69 Å². The molecule has 0 radical (unpaired) electrons. The Kier molecular flexibility index (Phi) is 5.65. The van der Waals surface area contributed by atoms with Crippen molar-refractivity contribution < 1.29 is 22.7 Å². The third-order valence-corrected chi connectivity index (χ3v) is 5.09. The number of carbonyl (C=O) groups excluding carboxylic acids is 2. The highest BCUT2D eigenvalue weighted by molar-refractivity contribution is 7.92. The van der Waals surface area contributed by atoms with Gasteiger partial charge in [-0.05, 0) is 18.6 Å². The standard InChI is InChI=1S/C17H18N4O5S/c22-15-7-4-8-16(23)21(15)9-10-27(24,25)20-13-11-18-17(19-12-13)26-14-5-2-1-3-6-14/h1-3,5-6,11-12,20H,4,7-10H2. The number of amides is 2. The summed E-state index contributed by atoms with van der Waals surface area (Å²) in [5, 5.41) is 0. The van der Waals surface area contributed by atoms with E-state index in [1.54, 1.807) is 24.3 Å². The van der Waals surface area contributed by atoms with Crippen molar-refractivity contribution in [2.75, 3.05) is 17.0 Å². The molecule has 1 fully saturated rings. The van der Waals surface area contributed by atoms with Crippen LogP contribution in [0.3, 0.4) is 0 Å². The zero-order valence-corrected chi connectivity index (χ0v) is 15.2. The fourth-order valence-corrected chi connectivity index (χ4v) is 3.50. The van der Waals surface area contributed by atoms with E-state index in [4.69, 9.17) is 4.74 Å². The monoisotopic (exact) mass is 390 g/mol. The maximum atomic E-state index is 12.2. The molecule has 3 rings (SSSR count). The molecule has 142 valence electrons. The smallest absolute Gasteiger partial charge is 0.322 e. The minimum Gasteiger partial charge on any atom is -0.424 e. The van der Waals surface area contributed by atoms with Crippen LogP contribution in [-0.4, -0.2) is 47.4 Å². The van der Waals surface area contributed by atoms with Gasteiger partial charge in [-0.25, -0.2) is 18.4 Å². The number of piperidine rings is 1. The van der Waals surface area contributed by atoms with Crippen molar-refractivity contribution in [1.29, 1.82) is 0 Å². The molecule has 0 unspecified atom stereocenters. The third-order valence-electron chi connectivity index (χ3n) is 3.82. The Balaban J connectivity index is 1.57. The molecule has 1 aromatic carbocycles. The minimum atomic E-state index is -3.77. The fraction of sp³-hybridized carbons (Fsp3) is 0.294. The van der Waals surface area contributed by atoms with Gasteiger partial charge in [0.05, 0.1) is 23.8 Å². The molecule has 1 aromatic heterocycles. The van der Waals surface area contributed by atoms with Crippen molar-refractivity contribution in [1.82, 2.24) is 14.9 Å². The number of imide groups is 1. The summed E-state index contributed by atoms with van der Waals surface area (Å²) in [5.74, 6) is -0.520. The topological polar surface area (TPSA) is 119 Å². The van der Waals surface area contributed by atoms with Gasteiger partial charge < -0.3 is 4.74 Å². The molecule has 2 aromatic rings. The first-order chi connectivity index (χ1) is 12.9. The van der Waals surface area contributed by atoms with Gasteiger partial charge in [-0.3, -0.25) is 19.2 Å². The van der Waals surface area contributed by atoms with Crippen LogP contribution in [0.15, 0.2) is 42.7 Å². The molecule has 27 heavy (non-hydrogen) atoms. The molecule has 0 saturated carbocycles. The highest BCUT2D eigenvalue weighted by Gasteiger charge is 2.27. The molecule has 9 nitrogen and oxygen atoms in total. The lowest BCUT2D eigenvalue weighted by Crippen LogP contribution is -2.43. The predicted octanol–water partition coefficient (Wildman–Crippen LogP) is 1.55. The van der Waals surface area contributed by atoms with Crippen LogP contribution in [0.2, 0.25) is 0 Å². The van der Waals surface area contributed by atoms with Gasteiger partial charge in [0.2, 0.25) is 21.8 Å². The molecule has 0 spiro atoms. The summed E-state index contributed by atoms with van der Waals surface area (Å²) in [6.07, 6.45) is 3.58. The zero-order valence-electron chi connectivity index (χ0n) is 14.4. The molecule has 2 heterocycles. The number of aromatic nitrogens is 2. The van der Waals surface area contributed by atoms with Crippen molar-refractivity contribution in [3.8, 4) is 11.8 Å². The first-order valence-corrected chi connectivity index (χ1v) is 9.97. The first kappa shape index (κ1) is 18.8. The third kappa shape index (κ3) is 5.23. The number of anilines is 1. The number of hydrogen-bond acceptors (Lipinski definition) is 7. The molecular weight excluding hydrogens is 372 g/mol. The van der Waals surface area contributed by atoms with E-state index in [0.29, 0.717) is 12.2 Å². The van der Waals surface area contributed by atoms with Gasteiger partial charge >= 0.3 is 6.01 Å². The maximum absolute atomic E-state index is 12.2. The predicted molar refractivity (Wildman–Crippen MR) is 96.5 cm³/mol. The largest absolute Gasteiger partial charge is 0.424 e. The van der Waals surface area contributed by atoms with Gasteiger partial charge in [-0.2, -0.15) is 0 Å². The lowest BCUT2D eigenvalue weighted by atomic mass is 10.1. The lowest BCUT2D eigenvalue weighted by molar-refractivity contribution is -0.147. The number of rotatable bonds is 7. The number of nitrogens with one attached hydrogen (secondary N) is 1. The number of sulfonamides is 1. The molecule has 0 bridgehead atoms. The average molecular weight is 390 g/mol. The van der Waals surface area contributed by atoms with Gasteiger partial charge in [0, 0.05) is 19.4 Å². The Morgan fingerprint density at radius 1 is 1.04 bits per heavy atom. The summed E-state index contributed by atoms with van der Waals surface area (Å²) in [7, 11) is -3.77. The van der Waals surface area contributed by atoms with E-state index >= 15 is 0 Å². The number of benzene rings is 1. The van der Waals surface area contributed by atoms with E-state index in [-0.39, 0.29) is 42.9 Å². The number of para-hydroxylation sites is 1. The molecule has 0 aliphatic carbocycles. The number of hydrogen-bond donors (Lipinski definition) is 1. The average Bonchev–Trinajstić information content (AvgIpc) is 2.63. The normalized spacial score (nSPS) is 14.9. The van der Waals surface area contributed by atoms with Crippen molar-refractivity contribution in [2.45, 2.75) is 19.3 Å². The number of nitrogens with zero attached hydrogens (tertiary/aromatic N) is 3. The van der Waals surface area contributed by atoms with Gasteiger partial charge in [-0.15, -0.1) is 0 Å². The number of likely N-dealkylation sites (tertiary alicyclic amines) is 1. The Morgan fingerprint density at radius 2 is 1.67 bits per heavy atom. The highest BCUT2D eigenvalue weighted by atomic mass is 32.2. The van der Waals surface area contributed by atoms with E-state index in [2.05, 4.69) is 14.7 Å². The summed E-state index contributed by atoms with van der Waals surface area (Å²) in [6.45, 7) is -0.178. The Hall–Kier alpha value is -3.01. The SMILES string of the molecule is O=C1CCCC(=O)N1CCS(=O)(=O)Nc1cnc(Oc2ccccc2)nc1. The molecule has 1 saturated heterocycles. The van der Waals surface area contributed by atoms with E-state index < -0.39 is 15.8 Å². The Labute approximate surface area is 156 Å². The second kappa shape index (κ2) is 8.12. The van der Waals surface area contributed by atoms with E-state index in [9.17, 15) is 18.0 Å². The second-order valence-corrected chi connectivity index (χ2v) is 7.72. The van der Waals surface area contributed by atoms with Crippen molar-refractivity contribution in [3.63, 3.8) is 0 Å². The Morgan fingerprint density at radius 3 is 2.30 bits per heavy atom. The van der Waals surface area contributed by atoms with Crippen molar-refractivity contribution >= 4 is 27.5 Å². The highest BCUT2D eigenvalue weighted by Crippen LogP contribution is 2.18. The Bertz CT molecular complexity index is 900. The van der Waals surface area contributed by atoms with Crippen LogP contribution in [0.1, 0.15) is 19.3 Å². The number of carbonyl (C=O) groups is 2. The summed E-state index contributed by atoms with van der Waals surface area (Å²) in [5.41, 5.74) is 0.159. The lowest BCUT2D eigenvalue weighted by Gasteiger charge is -2.24. The van der Waals surface area contributed by atoms with E-state index in [1.807, 2.05) is 6.07 Å². The first-order valence-electron chi connectivity index (χ1n) is 8.31. The van der Waals surface area contributed by atoms with Crippen LogP contribution in [-0.2, 0) is 19.6 Å². The summed E-state index contributed by atoms with van der Waals surface area (Å²) < 4.78 is 32.1. The molecule has 1 N–H and O–H groups in total. The van der Waals surface area contributed by atoms with Gasteiger partial charge in [0.1, 0.15) is 5.75 Å². The number of ether oxygens (including phenoxy) is 1. The van der Waals surface area contributed by atoms with Crippen LogP contribution in [0.5, 0.6) is 11.8 Å². The van der Waals surface area contributed by atoms with Gasteiger partial charge in [0.25, 0.3) is 0 Å². The summed E-state index contributed by atoms with van der Waals surface area (Å²) in [6, 6.07) is 9.00. The minimum absolute atomic E-state index is 0.0775. The quantitative estimate of drug-likeness (QED) is 0.713. The zero-order chi connectivity index (χ0) is 19.3. The molecule has 2 amide bonds. The molecular formula is C17H18N4O5S. The molecule has 10 heteroatoms. The summed E-state index contributed by atoms with van der Waals surface area (Å²) >= 11 is 0. The van der Waals surface area contributed by atoms with Gasteiger partial charge in [0.15, 0.2) is 0 Å². The van der Waals surface area contributed by atoms with Gasteiger partial charge in [-0.1, -0.05) is 18.2 Å². The molecule has 1 aliphatic rings. The van der Waals surface area contributed by atoms with Crippen LogP contribution in [0, 0.1) is 0 Å². The molecule has 1 aliphatic heterocycles. The molecule has 0 atom stereocenters. The van der Waals surface area contributed by atoms with Crippen LogP contribution in [0.25, 0.3) is 0 Å². The fourth-order valence-electron chi connectivity index (χ4n) is 2.51. The van der Waals surface area contributed by atoms with E-state index in [1.165, 1.54) is 12.4 Å². The van der Waals surface area contributed by atoms with Crippen LogP contribution < -0.4 is 9.46 Å².